The Labute approximate surface area is 108 Å². The smallest absolute Gasteiger partial charge is 0.130 e. The summed E-state index contributed by atoms with van der Waals surface area (Å²) in [7, 11) is 0. The third kappa shape index (κ3) is 3.11. The first-order valence-corrected chi connectivity index (χ1v) is 6.40. The van der Waals surface area contributed by atoms with Crippen LogP contribution >= 0.6 is 0 Å². The van der Waals surface area contributed by atoms with Crippen molar-refractivity contribution < 1.29 is 9.84 Å². The van der Waals surface area contributed by atoms with E-state index in [0.717, 1.165) is 43.0 Å². The summed E-state index contributed by atoms with van der Waals surface area (Å²) in [6.45, 7) is 4.33. The fourth-order valence-electron chi connectivity index (χ4n) is 2.17. The quantitative estimate of drug-likeness (QED) is 0.833. The molecule has 3 N–H and O–H groups in total. The van der Waals surface area contributed by atoms with E-state index in [1.165, 1.54) is 0 Å². The normalized spacial score (nSPS) is 17.1. The number of piperidine rings is 1. The molecule has 1 fully saturated rings. The molecule has 0 atom stereocenters. The number of nitrogen functional groups attached to an aromatic ring is 1. The molecule has 0 aromatic carbocycles. The molecular formula is C13H21N3O2. The van der Waals surface area contributed by atoms with Gasteiger partial charge >= 0.3 is 0 Å². The van der Waals surface area contributed by atoms with Crippen molar-refractivity contribution in [2.75, 3.05) is 36.9 Å². The Hall–Kier alpha value is -1.33. The van der Waals surface area contributed by atoms with Gasteiger partial charge in [0.05, 0.1) is 19.3 Å². The van der Waals surface area contributed by atoms with Crippen LogP contribution in [0.25, 0.3) is 0 Å². The Balaban J connectivity index is 1.90. The number of ether oxygens (including phenoxy) is 1. The van der Waals surface area contributed by atoms with Crippen molar-refractivity contribution in [3.63, 3.8) is 0 Å². The first-order chi connectivity index (χ1) is 8.70. The van der Waals surface area contributed by atoms with Gasteiger partial charge in [0, 0.05) is 31.0 Å². The third-order valence-corrected chi connectivity index (χ3v) is 3.34. The van der Waals surface area contributed by atoms with Gasteiger partial charge < -0.3 is 20.5 Å². The molecule has 0 saturated carbocycles. The second-order valence-corrected chi connectivity index (χ2v) is 4.68. The van der Waals surface area contributed by atoms with E-state index in [-0.39, 0.29) is 12.7 Å². The fraction of sp³-hybridized carbons (Fsp3) is 0.615. The monoisotopic (exact) mass is 251 g/mol. The van der Waals surface area contributed by atoms with Gasteiger partial charge in [0.25, 0.3) is 0 Å². The largest absolute Gasteiger partial charge is 0.398 e. The highest BCUT2D eigenvalue weighted by molar-refractivity contribution is 5.54. The first kappa shape index (κ1) is 13.1. The van der Waals surface area contributed by atoms with Crippen molar-refractivity contribution in [2.45, 2.75) is 25.9 Å². The zero-order valence-corrected chi connectivity index (χ0v) is 10.8. The molecule has 0 bridgehead atoms. The van der Waals surface area contributed by atoms with Crippen molar-refractivity contribution in [3.05, 3.63) is 17.8 Å². The lowest BCUT2D eigenvalue weighted by atomic mass is 10.1. The number of aryl methyl sites for hydroxylation is 1. The van der Waals surface area contributed by atoms with Gasteiger partial charge in [-0.3, -0.25) is 0 Å². The Bertz CT molecular complexity index is 390. The SMILES string of the molecule is Cc1cnc(N2CCC(OCCO)CC2)cc1N. The molecule has 2 rings (SSSR count). The molecule has 5 nitrogen and oxygen atoms in total. The maximum absolute atomic E-state index is 8.72. The average Bonchev–Trinajstić information content (AvgIpc) is 2.40. The summed E-state index contributed by atoms with van der Waals surface area (Å²) in [6.07, 6.45) is 4.01. The van der Waals surface area contributed by atoms with E-state index in [1.54, 1.807) is 0 Å². The van der Waals surface area contributed by atoms with Gasteiger partial charge in [0.2, 0.25) is 0 Å². The number of rotatable bonds is 4. The maximum Gasteiger partial charge on any atom is 0.130 e. The Morgan fingerprint density at radius 2 is 2.22 bits per heavy atom. The van der Waals surface area contributed by atoms with Crippen molar-refractivity contribution in [1.82, 2.24) is 4.98 Å². The average molecular weight is 251 g/mol. The van der Waals surface area contributed by atoms with Crippen LogP contribution in [-0.4, -0.2) is 42.5 Å². The molecule has 100 valence electrons. The van der Waals surface area contributed by atoms with Crippen LogP contribution in [0.15, 0.2) is 12.3 Å². The summed E-state index contributed by atoms with van der Waals surface area (Å²) in [5.74, 6) is 0.943. The van der Waals surface area contributed by atoms with Crippen LogP contribution in [0.4, 0.5) is 11.5 Å². The molecule has 1 aromatic rings. The lowest BCUT2D eigenvalue weighted by Gasteiger charge is -2.32. The van der Waals surface area contributed by atoms with E-state index in [9.17, 15) is 0 Å². The predicted molar refractivity (Wildman–Crippen MR) is 71.7 cm³/mol. The van der Waals surface area contributed by atoms with Gasteiger partial charge in [-0.2, -0.15) is 0 Å². The van der Waals surface area contributed by atoms with Crippen LogP contribution < -0.4 is 10.6 Å². The van der Waals surface area contributed by atoms with Crippen LogP contribution in [0.1, 0.15) is 18.4 Å². The molecule has 0 amide bonds. The number of pyridine rings is 1. The number of hydrogen-bond donors (Lipinski definition) is 2. The second-order valence-electron chi connectivity index (χ2n) is 4.68. The maximum atomic E-state index is 8.72. The van der Waals surface area contributed by atoms with E-state index >= 15 is 0 Å². The standard InChI is InChI=1S/C13H21N3O2/c1-10-9-15-13(8-12(10)14)16-4-2-11(3-5-16)18-7-6-17/h8-9,11,17H,2-7H2,1H3,(H2,14,15). The summed E-state index contributed by atoms with van der Waals surface area (Å²) in [5, 5.41) is 8.72. The first-order valence-electron chi connectivity index (χ1n) is 6.40. The van der Waals surface area contributed by atoms with E-state index in [0.29, 0.717) is 6.61 Å². The Morgan fingerprint density at radius 1 is 1.50 bits per heavy atom. The van der Waals surface area contributed by atoms with E-state index in [4.69, 9.17) is 15.6 Å². The minimum absolute atomic E-state index is 0.0935. The second kappa shape index (κ2) is 6.02. The molecule has 0 aliphatic carbocycles. The molecule has 18 heavy (non-hydrogen) atoms. The zero-order chi connectivity index (χ0) is 13.0. The number of aliphatic hydroxyl groups excluding tert-OH is 1. The molecule has 0 spiro atoms. The topological polar surface area (TPSA) is 71.6 Å². The zero-order valence-electron chi connectivity index (χ0n) is 10.8. The molecule has 1 aliphatic rings. The van der Waals surface area contributed by atoms with Crippen LogP contribution in [0, 0.1) is 6.92 Å². The molecular weight excluding hydrogens is 230 g/mol. The van der Waals surface area contributed by atoms with Gasteiger partial charge in [-0.05, 0) is 25.3 Å². The summed E-state index contributed by atoms with van der Waals surface area (Å²) in [4.78, 5) is 6.65. The van der Waals surface area contributed by atoms with Crippen LogP contribution in [-0.2, 0) is 4.74 Å². The highest BCUT2D eigenvalue weighted by Crippen LogP contribution is 2.22. The Kier molecular flexibility index (Phi) is 4.38. The molecule has 1 aromatic heterocycles. The summed E-state index contributed by atoms with van der Waals surface area (Å²) >= 11 is 0. The summed E-state index contributed by atoms with van der Waals surface area (Å²) in [5.41, 5.74) is 7.71. The number of nitrogens with two attached hydrogens (primary N) is 1. The van der Waals surface area contributed by atoms with E-state index in [2.05, 4.69) is 9.88 Å². The van der Waals surface area contributed by atoms with Crippen LogP contribution in [0.2, 0.25) is 0 Å². The molecule has 1 aliphatic heterocycles. The predicted octanol–water partition coefficient (Wildman–Crippen LogP) is 0.950. The van der Waals surface area contributed by atoms with Gasteiger partial charge in [-0.15, -0.1) is 0 Å². The van der Waals surface area contributed by atoms with Crippen molar-refractivity contribution in [2.24, 2.45) is 0 Å². The highest BCUT2D eigenvalue weighted by atomic mass is 16.5. The number of nitrogens with zero attached hydrogens (tertiary/aromatic N) is 2. The number of hydrogen-bond acceptors (Lipinski definition) is 5. The van der Waals surface area contributed by atoms with Gasteiger partial charge in [0.1, 0.15) is 5.82 Å². The lowest BCUT2D eigenvalue weighted by Crippen LogP contribution is -2.37. The minimum Gasteiger partial charge on any atom is -0.398 e. The van der Waals surface area contributed by atoms with Gasteiger partial charge in [0.15, 0.2) is 0 Å². The fourth-order valence-corrected chi connectivity index (χ4v) is 2.17. The minimum atomic E-state index is 0.0935. The molecule has 5 heteroatoms. The van der Waals surface area contributed by atoms with Crippen molar-refractivity contribution in [3.8, 4) is 0 Å². The molecule has 0 unspecified atom stereocenters. The van der Waals surface area contributed by atoms with Crippen LogP contribution in [0.3, 0.4) is 0 Å². The number of anilines is 2. The lowest BCUT2D eigenvalue weighted by molar-refractivity contribution is 0.0158. The van der Waals surface area contributed by atoms with E-state index in [1.807, 2.05) is 19.2 Å². The highest BCUT2D eigenvalue weighted by Gasteiger charge is 2.20. The molecule has 0 radical (unpaired) electrons. The molecule has 2 heterocycles. The van der Waals surface area contributed by atoms with Crippen molar-refractivity contribution in [1.29, 1.82) is 0 Å². The van der Waals surface area contributed by atoms with Crippen LogP contribution in [0.5, 0.6) is 0 Å². The molecule has 1 saturated heterocycles. The van der Waals surface area contributed by atoms with E-state index < -0.39 is 0 Å². The summed E-state index contributed by atoms with van der Waals surface area (Å²) < 4.78 is 5.54. The third-order valence-electron chi connectivity index (χ3n) is 3.34. The van der Waals surface area contributed by atoms with Gasteiger partial charge in [-0.1, -0.05) is 0 Å². The number of aliphatic hydroxyl groups is 1. The summed E-state index contributed by atoms with van der Waals surface area (Å²) in [6, 6.07) is 1.93. The van der Waals surface area contributed by atoms with Gasteiger partial charge in [-0.25, -0.2) is 4.98 Å². The number of aromatic nitrogens is 1. The van der Waals surface area contributed by atoms with Crippen molar-refractivity contribution >= 4 is 11.5 Å². The Morgan fingerprint density at radius 3 is 2.83 bits per heavy atom.